The topological polar surface area (TPSA) is 58.6 Å². The van der Waals surface area contributed by atoms with E-state index in [1.54, 1.807) is 35.2 Å². The first-order valence-electron chi connectivity index (χ1n) is 10.3. The number of anilines is 1. The van der Waals surface area contributed by atoms with Crippen molar-refractivity contribution in [3.63, 3.8) is 0 Å². The SMILES string of the molecule is CCC1Oc2ccc(NC(=O)c3cccc(F)c3)cc2CN(Cc2ccc(F)cc2)C1=O. The monoisotopic (exact) mass is 436 g/mol. The minimum Gasteiger partial charge on any atom is -0.480 e. The van der Waals surface area contributed by atoms with Crippen LogP contribution >= 0.6 is 0 Å². The second-order valence-corrected chi connectivity index (χ2v) is 7.62. The quantitative estimate of drug-likeness (QED) is 0.618. The third-order valence-electron chi connectivity index (χ3n) is 5.28. The molecule has 0 saturated heterocycles. The van der Waals surface area contributed by atoms with Crippen LogP contribution in [-0.2, 0) is 17.9 Å². The molecule has 0 aromatic heterocycles. The molecule has 4 rings (SSSR count). The molecule has 0 bridgehead atoms. The van der Waals surface area contributed by atoms with E-state index in [1.165, 1.54) is 30.3 Å². The van der Waals surface area contributed by atoms with Crippen molar-refractivity contribution in [2.45, 2.75) is 32.5 Å². The van der Waals surface area contributed by atoms with Crippen molar-refractivity contribution in [3.05, 3.63) is 95.1 Å². The lowest BCUT2D eigenvalue weighted by Crippen LogP contribution is -2.38. The van der Waals surface area contributed by atoms with E-state index in [0.717, 1.165) is 17.2 Å². The Morgan fingerprint density at radius 1 is 1.06 bits per heavy atom. The van der Waals surface area contributed by atoms with Gasteiger partial charge in [0.2, 0.25) is 0 Å². The molecule has 3 aromatic rings. The molecule has 1 N–H and O–H groups in total. The lowest BCUT2D eigenvalue weighted by Gasteiger charge is -2.23. The minimum absolute atomic E-state index is 0.154. The van der Waals surface area contributed by atoms with Crippen molar-refractivity contribution < 1.29 is 23.1 Å². The first kappa shape index (κ1) is 21.5. The normalized spacial score (nSPS) is 15.5. The molecule has 1 unspecified atom stereocenters. The number of rotatable bonds is 5. The predicted molar refractivity (Wildman–Crippen MR) is 116 cm³/mol. The molecule has 1 atom stereocenters. The Kier molecular flexibility index (Phi) is 6.16. The van der Waals surface area contributed by atoms with Gasteiger partial charge in [-0.2, -0.15) is 0 Å². The number of hydrogen-bond acceptors (Lipinski definition) is 3. The Labute approximate surface area is 184 Å². The van der Waals surface area contributed by atoms with Gasteiger partial charge in [0.15, 0.2) is 6.10 Å². The van der Waals surface area contributed by atoms with E-state index >= 15 is 0 Å². The Balaban J connectivity index is 1.58. The fraction of sp³-hybridized carbons (Fsp3) is 0.200. The van der Waals surface area contributed by atoms with Crippen LogP contribution in [0.15, 0.2) is 66.7 Å². The van der Waals surface area contributed by atoms with Crippen LogP contribution in [0.25, 0.3) is 0 Å². The van der Waals surface area contributed by atoms with Crippen molar-refractivity contribution in [3.8, 4) is 5.75 Å². The number of nitrogens with one attached hydrogen (secondary N) is 1. The summed E-state index contributed by atoms with van der Waals surface area (Å²) >= 11 is 0. The predicted octanol–water partition coefficient (Wildman–Crippen LogP) is 4.92. The highest BCUT2D eigenvalue weighted by molar-refractivity contribution is 6.04. The minimum atomic E-state index is -0.635. The molecule has 164 valence electrons. The van der Waals surface area contributed by atoms with Crippen molar-refractivity contribution >= 4 is 17.5 Å². The standard InChI is InChI=1S/C25H22F2N2O3/c1-2-22-25(31)29(14-16-6-8-19(26)9-7-16)15-18-13-21(10-11-23(18)32-22)28-24(30)17-4-3-5-20(27)12-17/h3-13,22H,2,14-15H2,1H3,(H,28,30). The molecule has 3 aromatic carbocycles. The summed E-state index contributed by atoms with van der Waals surface area (Å²) in [6, 6.07) is 16.6. The summed E-state index contributed by atoms with van der Waals surface area (Å²) in [5, 5.41) is 2.76. The summed E-state index contributed by atoms with van der Waals surface area (Å²) in [6.07, 6.45) is -0.139. The number of hydrogen-bond donors (Lipinski definition) is 1. The molecule has 1 aliphatic rings. The van der Waals surface area contributed by atoms with Gasteiger partial charge in [-0.1, -0.05) is 25.1 Å². The van der Waals surface area contributed by atoms with E-state index in [1.807, 2.05) is 6.92 Å². The van der Waals surface area contributed by atoms with Crippen molar-refractivity contribution in [1.29, 1.82) is 0 Å². The van der Waals surface area contributed by atoms with E-state index in [9.17, 15) is 18.4 Å². The van der Waals surface area contributed by atoms with Crippen LogP contribution in [0.1, 0.15) is 34.8 Å². The van der Waals surface area contributed by atoms with E-state index in [2.05, 4.69) is 5.32 Å². The van der Waals surface area contributed by atoms with Crippen LogP contribution in [0, 0.1) is 11.6 Å². The van der Waals surface area contributed by atoms with E-state index in [0.29, 0.717) is 24.4 Å². The molecule has 32 heavy (non-hydrogen) atoms. The number of halogens is 2. The molecule has 0 fully saturated rings. The van der Waals surface area contributed by atoms with Crippen molar-refractivity contribution in [2.24, 2.45) is 0 Å². The largest absolute Gasteiger partial charge is 0.480 e. The molecule has 1 aliphatic heterocycles. The Morgan fingerprint density at radius 3 is 2.56 bits per heavy atom. The first-order valence-corrected chi connectivity index (χ1v) is 10.3. The Bertz CT molecular complexity index is 1150. The Morgan fingerprint density at radius 2 is 1.84 bits per heavy atom. The molecule has 0 saturated carbocycles. The summed E-state index contributed by atoms with van der Waals surface area (Å²) in [5.74, 6) is -0.859. The Hall–Kier alpha value is -3.74. The van der Waals surface area contributed by atoms with E-state index in [4.69, 9.17) is 4.74 Å². The van der Waals surface area contributed by atoms with Gasteiger partial charge in [-0.3, -0.25) is 9.59 Å². The maximum Gasteiger partial charge on any atom is 0.264 e. The van der Waals surface area contributed by atoms with E-state index < -0.39 is 17.8 Å². The van der Waals surface area contributed by atoms with Gasteiger partial charge in [0.1, 0.15) is 17.4 Å². The summed E-state index contributed by atoms with van der Waals surface area (Å²) in [4.78, 5) is 27.2. The molecule has 0 aliphatic carbocycles. The van der Waals surface area contributed by atoms with Gasteiger partial charge in [0, 0.05) is 29.9 Å². The third-order valence-corrected chi connectivity index (χ3v) is 5.28. The molecule has 2 amide bonds. The van der Waals surface area contributed by atoms with Crippen LogP contribution in [0.2, 0.25) is 0 Å². The second-order valence-electron chi connectivity index (χ2n) is 7.62. The van der Waals surface area contributed by atoms with Crippen LogP contribution in [0.5, 0.6) is 5.75 Å². The molecular formula is C25H22F2N2O3. The van der Waals surface area contributed by atoms with Gasteiger partial charge in [0.05, 0.1) is 0 Å². The number of ether oxygens (including phenoxy) is 1. The lowest BCUT2D eigenvalue weighted by molar-refractivity contribution is -0.139. The number of carbonyl (C=O) groups is 2. The molecule has 7 heteroatoms. The fourth-order valence-electron chi connectivity index (χ4n) is 3.62. The van der Waals surface area contributed by atoms with Crippen LogP contribution in [0.4, 0.5) is 14.5 Å². The number of carbonyl (C=O) groups excluding carboxylic acids is 2. The maximum atomic E-state index is 13.4. The molecule has 1 heterocycles. The highest BCUT2D eigenvalue weighted by atomic mass is 19.1. The molecule has 0 radical (unpaired) electrons. The van der Waals surface area contributed by atoms with Gasteiger partial charge in [0.25, 0.3) is 11.8 Å². The summed E-state index contributed by atoms with van der Waals surface area (Å²) in [7, 11) is 0. The number of nitrogens with zero attached hydrogens (tertiary/aromatic N) is 1. The highest BCUT2D eigenvalue weighted by Gasteiger charge is 2.30. The average molecular weight is 436 g/mol. The van der Waals surface area contributed by atoms with Crippen molar-refractivity contribution in [1.82, 2.24) is 4.90 Å². The summed E-state index contributed by atoms with van der Waals surface area (Å²) in [5.41, 5.74) is 2.24. The molecule has 5 nitrogen and oxygen atoms in total. The third kappa shape index (κ3) is 4.77. The first-order chi connectivity index (χ1) is 15.4. The fourth-order valence-corrected chi connectivity index (χ4v) is 3.62. The van der Waals surface area contributed by atoms with Gasteiger partial charge >= 0.3 is 0 Å². The van der Waals surface area contributed by atoms with Crippen molar-refractivity contribution in [2.75, 3.05) is 5.32 Å². The lowest BCUT2D eigenvalue weighted by atomic mass is 10.1. The van der Waals surface area contributed by atoms with E-state index in [-0.39, 0.29) is 23.8 Å². The second kappa shape index (κ2) is 9.18. The van der Waals surface area contributed by atoms with Gasteiger partial charge in [-0.05, 0) is 60.5 Å². The summed E-state index contributed by atoms with van der Waals surface area (Å²) < 4.78 is 32.6. The molecular weight excluding hydrogens is 414 g/mol. The van der Waals surface area contributed by atoms with Crippen LogP contribution in [0.3, 0.4) is 0 Å². The van der Waals surface area contributed by atoms with Gasteiger partial charge in [-0.25, -0.2) is 8.78 Å². The number of benzene rings is 3. The zero-order chi connectivity index (χ0) is 22.7. The van der Waals surface area contributed by atoms with Gasteiger partial charge < -0.3 is 15.0 Å². The number of amides is 2. The smallest absolute Gasteiger partial charge is 0.264 e. The highest BCUT2D eigenvalue weighted by Crippen LogP contribution is 2.30. The van der Waals surface area contributed by atoms with Crippen LogP contribution < -0.4 is 10.1 Å². The van der Waals surface area contributed by atoms with Crippen LogP contribution in [-0.4, -0.2) is 22.8 Å². The summed E-state index contributed by atoms with van der Waals surface area (Å²) in [6.45, 7) is 2.45. The molecule has 0 spiro atoms. The zero-order valence-electron chi connectivity index (χ0n) is 17.5. The van der Waals surface area contributed by atoms with Gasteiger partial charge in [-0.15, -0.1) is 0 Å². The zero-order valence-corrected chi connectivity index (χ0v) is 17.5. The maximum absolute atomic E-state index is 13.4. The number of fused-ring (bicyclic) bond motifs is 1. The average Bonchev–Trinajstić information content (AvgIpc) is 2.91.